The predicted octanol–water partition coefficient (Wildman–Crippen LogP) is 1.09. The Labute approximate surface area is 140 Å². The van der Waals surface area contributed by atoms with Gasteiger partial charge < -0.3 is 10.0 Å². The van der Waals surface area contributed by atoms with Crippen LogP contribution in [0.4, 0.5) is 5.69 Å². The first-order valence-electron chi connectivity index (χ1n) is 7.91. The highest BCUT2D eigenvalue weighted by Gasteiger charge is 2.32. The van der Waals surface area contributed by atoms with Crippen molar-refractivity contribution in [3.8, 4) is 0 Å². The fraction of sp³-hybridized carbons (Fsp3) is 0.500. The molecule has 1 amide bonds. The molecule has 1 fully saturated rings. The summed E-state index contributed by atoms with van der Waals surface area (Å²) in [7, 11) is -3.31. The van der Waals surface area contributed by atoms with Crippen molar-refractivity contribution in [2.24, 2.45) is 0 Å². The average Bonchev–Trinajstić information content (AvgIpc) is 3.10. The van der Waals surface area contributed by atoms with Crippen LogP contribution in [0.1, 0.15) is 35.2 Å². The molecular weight excluding hydrogens is 332 g/mol. The van der Waals surface area contributed by atoms with Gasteiger partial charge in [0.25, 0.3) is 5.91 Å². The monoisotopic (exact) mass is 352 g/mol. The number of likely N-dealkylation sites (tertiary alicyclic amines) is 1. The lowest BCUT2D eigenvalue weighted by molar-refractivity contribution is -0.137. The third-order valence-corrected chi connectivity index (χ3v) is 5.81. The number of carbonyl (C=O) groups is 2. The van der Waals surface area contributed by atoms with Crippen LogP contribution in [0.15, 0.2) is 18.2 Å². The van der Waals surface area contributed by atoms with Gasteiger partial charge >= 0.3 is 5.97 Å². The highest BCUT2D eigenvalue weighted by Crippen LogP contribution is 2.32. The SMILES string of the molecule is CS(=O)(=O)N1CCc2cc(C(=O)N3CCCC3CC(=O)O)ccc21. The van der Waals surface area contributed by atoms with Crippen molar-refractivity contribution in [1.82, 2.24) is 4.90 Å². The maximum absolute atomic E-state index is 12.7. The van der Waals surface area contributed by atoms with Crippen molar-refractivity contribution in [3.05, 3.63) is 29.3 Å². The van der Waals surface area contributed by atoms with Crippen molar-refractivity contribution in [1.29, 1.82) is 0 Å². The minimum Gasteiger partial charge on any atom is -0.481 e. The van der Waals surface area contributed by atoms with E-state index in [1.165, 1.54) is 10.6 Å². The van der Waals surface area contributed by atoms with Crippen LogP contribution >= 0.6 is 0 Å². The summed E-state index contributed by atoms with van der Waals surface area (Å²) < 4.78 is 24.9. The fourth-order valence-corrected chi connectivity index (χ4v) is 4.49. The minimum absolute atomic E-state index is 0.0431. The minimum atomic E-state index is -3.31. The van der Waals surface area contributed by atoms with Gasteiger partial charge in [-0.3, -0.25) is 13.9 Å². The van der Waals surface area contributed by atoms with Crippen LogP contribution in [-0.2, 0) is 21.2 Å². The van der Waals surface area contributed by atoms with Gasteiger partial charge in [-0.25, -0.2) is 8.42 Å². The van der Waals surface area contributed by atoms with Crippen LogP contribution in [0.2, 0.25) is 0 Å². The van der Waals surface area contributed by atoms with E-state index in [2.05, 4.69) is 0 Å². The van der Waals surface area contributed by atoms with E-state index in [1.54, 1.807) is 23.1 Å². The summed E-state index contributed by atoms with van der Waals surface area (Å²) in [5.41, 5.74) is 1.94. The number of carboxylic acids is 1. The molecule has 8 heteroatoms. The number of carbonyl (C=O) groups excluding carboxylic acids is 1. The third kappa shape index (κ3) is 3.10. The highest BCUT2D eigenvalue weighted by molar-refractivity contribution is 7.92. The number of sulfonamides is 1. The van der Waals surface area contributed by atoms with Gasteiger partial charge in [-0.05, 0) is 43.0 Å². The first kappa shape index (κ1) is 16.8. The summed E-state index contributed by atoms with van der Waals surface area (Å²) >= 11 is 0. The molecule has 2 aliphatic heterocycles. The van der Waals surface area contributed by atoms with Gasteiger partial charge in [-0.15, -0.1) is 0 Å². The van der Waals surface area contributed by atoms with Crippen molar-refractivity contribution >= 4 is 27.6 Å². The quantitative estimate of drug-likeness (QED) is 0.875. The summed E-state index contributed by atoms with van der Waals surface area (Å²) in [4.78, 5) is 25.3. The molecule has 1 saturated heterocycles. The number of nitrogens with zero attached hydrogens (tertiary/aromatic N) is 2. The van der Waals surface area contributed by atoms with Crippen molar-refractivity contribution < 1.29 is 23.1 Å². The Bertz CT molecular complexity index is 790. The summed E-state index contributed by atoms with van der Waals surface area (Å²) in [5.74, 6) is -1.09. The second-order valence-electron chi connectivity index (χ2n) is 6.32. The van der Waals surface area contributed by atoms with E-state index in [-0.39, 0.29) is 18.4 Å². The zero-order valence-electron chi connectivity index (χ0n) is 13.4. The molecule has 0 bridgehead atoms. The lowest BCUT2D eigenvalue weighted by Gasteiger charge is -2.24. The number of amides is 1. The van der Waals surface area contributed by atoms with E-state index in [0.717, 1.165) is 12.0 Å². The second-order valence-corrected chi connectivity index (χ2v) is 8.23. The maximum atomic E-state index is 12.7. The van der Waals surface area contributed by atoms with Crippen LogP contribution in [-0.4, -0.2) is 55.7 Å². The maximum Gasteiger partial charge on any atom is 0.305 e. The van der Waals surface area contributed by atoms with E-state index >= 15 is 0 Å². The number of fused-ring (bicyclic) bond motifs is 1. The molecule has 2 heterocycles. The molecule has 1 N–H and O–H groups in total. The Hall–Kier alpha value is -2.09. The molecule has 0 radical (unpaired) electrons. The number of carboxylic acid groups (broad SMARTS) is 1. The lowest BCUT2D eigenvalue weighted by Crippen LogP contribution is -2.36. The summed E-state index contributed by atoms with van der Waals surface area (Å²) in [6, 6.07) is 4.76. The van der Waals surface area contributed by atoms with Gasteiger partial charge in [0.05, 0.1) is 18.4 Å². The molecule has 1 atom stereocenters. The molecule has 24 heavy (non-hydrogen) atoms. The summed E-state index contributed by atoms with van der Waals surface area (Å²) in [6.45, 7) is 0.945. The Balaban J connectivity index is 1.84. The molecule has 1 aromatic carbocycles. The van der Waals surface area contributed by atoms with Gasteiger partial charge in [0.1, 0.15) is 0 Å². The Morgan fingerprint density at radius 2 is 2.04 bits per heavy atom. The molecule has 1 unspecified atom stereocenters. The van der Waals surface area contributed by atoms with E-state index in [9.17, 15) is 18.0 Å². The molecule has 0 aromatic heterocycles. The number of benzene rings is 1. The summed E-state index contributed by atoms with van der Waals surface area (Å²) in [6.07, 6.45) is 3.20. The van der Waals surface area contributed by atoms with Gasteiger partial charge in [0.15, 0.2) is 0 Å². The molecule has 1 aromatic rings. The Kier molecular flexibility index (Phi) is 4.25. The molecular formula is C16H20N2O5S. The second kappa shape index (κ2) is 6.08. The number of hydrogen-bond acceptors (Lipinski definition) is 4. The van der Waals surface area contributed by atoms with Crippen molar-refractivity contribution in [2.75, 3.05) is 23.7 Å². The topological polar surface area (TPSA) is 95.0 Å². The van der Waals surface area contributed by atoms with Crippen LogP contribution in [0, 0.1) is 0 Å². The van der Waals surface area contributed by atoms with Gasteiger partial charge in [-0.1, -0.05) is 0 Å². The lowest BCUT2D eigenvalue weighted by atomic mass is 10.1. The van der Waals surface area contributed by atoms with Crippen LogP contribution in [0.3, 0.4) is 0 Å². The predicted molar refractivity (Wildman–Crippen MR) is 88.6 cm³/mol. The molecule has 2 aliphatic rings. The molecule has 7 nitrogen and oxygen atoms in total. The number of aliphatic carboxylic acids is 1. The largest absolute Gasteiger partial charge is 0.481 e. The van der Waals surface area contributed by atoms with Crippen LogP contribution in [0.5, 0.6) is 0 Å². The first-order valence-corrected chi connectivity index (χ1v) is 9.75. The van der Waals surface area contributed by atoms with E-state index in [0.29, 0.717) is 37.2 Å². The van der Waals surface area contributed by atoms with Gasteiger partial charge in [0.2, 0.25) is 10.0 Å². The summed E-state index contributed by atoms with van der Waals surface area (Å²) in [5, 5.41) is 8.98. The van der Waals surface area contributed by atoms with Crippen LogP contribution in [0.25, 0.3) is 0 Å². The standard InChI is InChI=1S/C16H20N2O5S/c1-24(22,23)18-8-6-11-9-12(4-5-14(11)18)16(21)17-7-2-3-13(17)10-15(19)20/h4-5,9,13H,2-3,6-8,10H2,1H3,(H,19,20). The number of anilines is 1. The number of hydrogen-bond donors (Lipinski definition) is 1. The Morgan fingerprint density at radius 1 is 1.29 bits per heavy atom. The van der Waals surface area contributed by atoms with Gasteiger partial charge in [-0.2, -0.15) is 0 Å². The van der Waals surface area contributed by atoms with E-state index < -0.39 is 16.0 Å². The molecule has 0 spiro atoms. The first-order chi connectivity index (χ1) is 11.3. The normalized spacial score (nSPS) is 20.3. The number of rotatable bonds is 4. The fourth-order valence-electron chi connectivity index (χ4n) is 3.53. The van der Waals surface area contributed by atoms with Crippen LogP contribution < -0.4 is 4.31 Å². The smallest absolute Gasteiger partial charge is 0.305 e. The van der Waals surface area contributed by atoms with Crippen molar-refractivity contribution in [2.45, 2.75) is 31.7 Å². The Morgan fingerprint density at radius 3 is 2.71 bits per heavy atom. The van der Waals surface area contributed by atoms with Gasteiger partial charge in [0, 0.05) is 24.7 Å². The van der Waals surface area contributed by atoms with E-state index in [1.807, 2.05) is 0 Å². The molecule has 0 saturated carbocycles. The highest BCUT2D eigenvalue weighted by atomic mass is 32.2. The van der Waals surface area contributed by atoms with E-state index in [4.69, 9.17) is 5.11 Å². The third-order valence-electron chi connectivity index (χ3n) is 4.63. The molecule has 130 valence electrons. The molecule has 0 aliphatic carbocycles. The van der Waals surface area contributed by atoms with Crippen molar-refractivity contribution in [3.63, 3.8) is 0 Å². The average molecular weight is 352 g/mol. The zero-order chi connectivity index (χ0) is 17.5. The molecule has 3 rings (SSSR count). The zero-order valence-corrected chi connectivity index (χ0v) is 14.3.